The van der Waals surface area contributed by atoms with Gasteiger partial charge in [-0.2, -0.15) is 0 Å². The Morgan fingerprint density at radius 1 is 1.04 bits per heavy atom. The second kappa shape index (κ2) is 9.22. The van der Waals surface area contributed by atoms with Crippen molar-refractivity contribution in [1.82, 2.24) is 4.98 Å². The van der Waals surface area contributed by atoms with E-state index in [9.17, 15) is 4.79 Å². The molecule has 0 aliphatic heterocycles. The lowest BCUT2D eigenvalue weighted by molar-refractivity contribution is 0.102. The van der Waals surface area contributed by atoms with E-state index in [4.69, 9.17) is 4.74 Å². The molecule has 5 heteroatoms. The van der Waals surface area contributed by atoms with E-state index >= 15 is 0 Å². The first-order valence-electron chi connectivity index (χ1n) is 9.51. The number of hydrogen-bond acceptors (Lipinski definition) is 4. The van der Waals surface area contributed by atoms with Crippen LogP contribution in [0, 0.1) is 0 Å². The average molecular weight is 353 g/mol. The average Bonchev–Trinajstić information content (AvgIpc) is 2.93. The summed E-state index contributed by atoms with van der Waals surface area (Å²) in [6, 6.07) is 11.5. The molecule has 26 heavy (non-hydrogen) atoms. The molecule has 1 amide bonds. The third-order valence-electron chi connectivity index (χ3n) is 4.65. The smallest absolute Gasteiger partial charge is 0.274 e. The SMILES string of the molecule is CCOc1ccc(NC(=O)c2ccc(NC3CCCCCC3)cn2)cc1. The maximum atomic E-state index is 12.3. The molecule has 138 valence electrons. The van der Waals surface area contributed by atoms with Gasteiger partial charge in [-0.1, -0.05) is 25.7 Å². The maximum Gasteiger partial charge on any atom is 0.274 e. The van der Waals surface area contributed by atoms with Crippen molar-refractivity contribution in [2.24, 2.45) is 0 Å². The number of benzene rings is 1. The highest BCUT2D eigenvalue weighted by Gasteiger charge is 2.13. The first-order valence-corrected chi connectivity index (χ1v) is 9.51. The van der Waals surface area contributed by atoms with Crippen LogP contribution in [0.3, 0.4) is 0 Å². The van der Waals surface area contributed by atoms with Crippen LogP contribution in [-0.4, -0.2) is 23.5 Å². The summed E-state index contributed by atoms with van der Waals surface area (Å²) >= 11 is 0. The van der Waals surface area contributed by atoms with Crippen LogP contribution in [0.15, 0.2) is 42.6 Å². The molecule has 3 rings (SSSR count). The summed E-state index contributed by atoms with van der Waals surface area (Å²) in [6.45, 7) is 2.56. The Hall–Kier alpha value is -2.56. The molecule has 2 N–H and O–H groups in total. The Labute approximate surface area is 155 Å². The number of ether oxygens (including phenoxy) is 1. The lowest BCUT2D eigenvalue weighted by Gasteiger charge is -2.17. The van der Waals surface area contributed by atoms with Gasteiger partial charge in [-0.05, 0) is 56.2 Å². The molecule has 1 aliphatic rings. The van der Waals surface area contributed by atoms with E-state index < -0.39 is 0 Å². The Morgan fingerprint density at radius 3 is 2.35 bits per heavy atom. The number of aromatic nitrogens is 1. The van der Waals surface area contributed by atoms with E-state index in [1.165, 1.54) is 38.5 Å². The van der Waals surface area contributed by atoms with Crippen molar-refractivity contribution >= 4 is 17.3 Å². The van der Waals surface area contributed by atoms with Gasteiger partial charge in [-0.3, -0.25) is 4.79 Å². The molecule has 2 aromatic rings. The molecule has 5 nitrogen and oxygen atoms in total. The second-order valence-electron chi connectivity index (χ2n) is 6.68. The van der Waals surface area contributed by atoms with E-state index in [1.807, 2.05) is 37.3 Å². The van der Waals surface area contributed by atoms with Crippen LogP contribution in [0.2, 0.25) is 0 Å². The van der Waals surface area contributed by atoms with Crippen LogP contribution < -0.4 is 15.4 Å². The van der Waals surface area contributed by atoms with Gasteiger partial charge in [-0.25, -0.2) is 4.98 Å². The Kier molecular flexibility index (Phi) is 6.47. The molecule has 1 aromatic heterocycles. The van der Waals surface area contributed by atoms with Crippen LogP contribution in [0.5, 0.6) is 5.75 Å². The summed E-state index contributed by atoms with van der Waals surface area (Å²) in [5.41, 5.74) is 2.11. The number of amides is 1. The lowest BCUT2D eigenvalue weighted by Crippen LogP contribution is -2.19. The molecular weight excluding hydrogens is 326 g/mol. The molecule has 0 bridgehead atoms. The monoisotopic (exact) mass is 353 g/mol. The summed E-state index contributed by atoms with van der Waals surface area (Å²) in [6.07, 6.45) is 9.40. The normalized spacial score (nSPS) is 15.1. The molecular formula is C21H27N3O2. The minimum atomic E-state index is -0.213. The predicted molar refractivity (Wildman–Crippen MR) is 105 cm³/mol. The minimum Gasteiger partial charge on any atom is -0.494 e. The van der Waals surface area contributed by atoms with Gasteiger partial charge in [-0.15, -0.1) is 0 Å². The van der Waals surface area contributed by atoms with Gasteiger partial charge < -0.3 is 15.4 Å². The molecule has 1 aromatic carbocycles. The number of nitrogens with zero attached hydrogens (tertiary/aromatic N) is 1. The quantitative estimate of drug-likeness (QED) is 0.728. The fourth-order valence-electron chi connectivity index (χ4n) is 3.27. The summed E-state index contributed by atoms with van der Waals surface area (Å²) in [7, 11) is 0. The third kappa shape index (κ3) is 5.22. The van der Waals surface area contributed by atoms with E-state index in [0.29, 0.717) is 18.3 Å². The van der Waals surface area contributed by atoms with Crippen molar-refractivity contribution in [2.45, 2.75) is 51.5 Å². The largest absolute Gasteiger partial charge is 0.494 e. The van der Waals surface area contributed by atoms with Gasteiger partial charge >= 0.3 is 0 Å². The van der Waals surface area contributed by atoms with Gasteiger partial charge in [0, 0.05) is 11.7 Å². The van der Waals surface area contributed by atoms with Gasteiger partial charge in [0.1, 0.15) is 11.4 Å². The zero-order chi connectivity index (χ0) is 18.2. The first kappa shape index (κ1) is 18.2. The van der Waals surface area contributed by atoms with Crippen molar-refractivity contribution in [3.05, 3.63) is 48.3 Å². The number of carbonyl (C=O) groups is 1. The molecule has 0 spiro atoms. The third-order valence-corrected chi connectivity index (χ3v) is 4.65. The molecule has 1 heterocycles. The van der Waals surface area contributed by atoms with Crippen LogP contribution in [-0.2, 0) is 0 Å². The van der Waals surface area contributed by atoms with Gasteiger partial charge in [0.15, 0.2) is 0 Å². The topological polar surface area (TPSA) is 63.2 Å². The molecule has 1 fully saturated rings. The zero-order valence-electron chi connectivity index (χ0n) is 15.3. The number of pyridine rings is 1. The minimum absolute atomic E-state index is 0.213. The van der Waals surface area contributed by atoms with Crippen LogP contribution in [0.4, 0.5) is 11.4 Å². The maximum absolute atomic E-state index is 12.3. The molecule has 1 aliphatic carbocycles. The fraction of sp³-hybridized carbons (Fsp3) is 0.429. The summed E-state index contributed by atoms with van der Waals surface area (Å²) < 4.78 is 5.40. The van der Waals surface area contributed by atoms with Crippen molar-refractivity contribution in [1.29, 1.82) is 0 Å². The highest BCUT2D eigenvalue weighted by Crippen LogP contribution is 2.21. The molecule has 0 radical (unpaired) electrons. The standard InChI is InChI=1S/C21H27N3O2/c1-2-26-19-12-9-17(10-13-19)24-21(25)20-14-11-18(15-22-20)23-16-7-5-3-4-6-8-16/h9-16,23H,2-8H2,1H3,(H,24,25). The van der Waals surface area contributed by atoms with Crippen molar-refractivity contribution in [3.8, 4) is 5.75 Å². The Morgan fingerprint density at radius 2 is 1.73 bits per heavy atom. The molecule has 1 saturated carbocycles. The van der Waals surface area contributed by atoms with E-state index in [1.54, 1.807) is 12.3 Å². The molecule has 0 saturated heterocycles. The number of nitrogens with one attached hydrogen (secondary N) is 2. The second-order valence-corrected chi connectivity index (χ2v) is 6.68. The van der Waals surface area contributed by atoms with Crippen LogP contribution in [0.25, 0.3) is 0 Å². The summed E-state index contributed by atoms with van der Waals surface area (Å²) in [4.78, 5) is 16.7. The molecule has 0 atom stereocenters. The van der Waals surface area contributed by atoms with Crippen LogP contribution >= 0.6 is 0 Å². The van der Waals surface area contributed by atoms with E-state index in [2.05, 4.69) is 15.6 Å². The van der Waals surface area contributed by atoms with Crippen molar-refractivity contribution in [3.63, 3.8) is 0 Å². The number of carbonyl (C=O) groups excluding carboxylic acids is 1. The fourth-order valence-corrected chi connectivity index (χ4v) is 3.27. The van der Waals surface area contributed by atoms with Gasteiger partial charge in [0.05, 0.1) is 18.5 Å². The van der Waals surface area contributed by atoms with Gasteiger partial charge in [0.2, 0.25) is 0 Å². The van der Waals surface area contributed by atoms with E-state index in [0.717, 1.165) is 17.1 Å². The van der Waals surface area contributed by atoms with Crippen LogP contribution in [0.1, 0.15) is 55.9 Å². The van der Waals surface area contributed by atoms with Crippen molar-refractivity contribution in [2.75, 3.05) is 17.2 Å². The highest BCUT2D eigenvalue weighted by atomic mass is 16.5. The number of rotatable bonds is 6. The zero-order valence-corrected chi connectivity index (χ0v) is 15.3. The molecule has 0 unspecified atom stereocenters. The van der Waals surface area contributed by atoms with Crippen molar-refractivity contribution < 1.29 is 9.53 Å². The lowest BCUT2D eigenvalue weighted by atomic mass is 10.1. The summed E-state index contributed by atoms with van der Waals surface area (Å²) in [5, 5.41) is 6.41. The summed E-state index contributed by atoms with van der Waals surface area (Å²) in [5.74, 6) is 0.577. The Balaban J connectivity index is 1.56. The number of anilines is 2. The highest BCUT2D eigenvalue weighted by molar-refractivity contribution is 6.02. The Bertz CT molecular complexity index is 690. The van der Waals surface area contributed by atoms with E-state index in [-0.39, 0.29) is 5.91 Å². The number of hydrogen-bond donors (Lipinski definition) is 2. The van der Waals surface area contributed by atoms with Gasteiger partial charge in [0.25, 0.3) is 5.91 Å². The first-order chi connectivity index (χ1) is 12.7. The predicted octanol–water partition coefficient (Wildman–Crippen LogP) is 4.87.